The highest BCUT2D eigenvalue weighted by Gasteiger charge is 2.45. The molecule has 1 saturated heterocycles. The number of esters is 3. The predicted octanol–water partition coefficient (Wildman–Crippen LogP) is 6.99. The summed E-state index contributed by atoms with van der Waals surface area (Å²) in [6.45, 7) is 11.0. The van der Waals surface area contributed by atoms with Crippen molar-refractivity contribution in [3.63, 3.8) is 0 Å². The number of anilines is 2. The number of nitrogens with two attached hydrogens (primary N) is 3. The van der Waals surface area contributed by atoms with Gasteiger partial charge in [0.2, 0.25) is 6.29 Å². The first-order chi connectivity index (χ1) is 47.9. The molecule has 101 heavy (non-hydrogen) atoms. The first-order valence-corrected chi connectivity index (χ1v) is 35.4. The number of carbonyl (C=O) groups excluding carboxylic acids is 6. The lowest BCUT2D eigenvalue weighted by Gasteiger charge is -2.39. The molecule has 0 unspecified atom stereocenters. The highest BCUT2D eigenvalue weighted by Crippen LogP contribution is 2.41. The number of aliphatic hydroxyl groups excluding tert-OH is 2. The molecule has 0 bridgehead atoms. The Morgan fingerprint density at radius 3 is 1.69 bits per heavy atom. The summed E-state index contributed by atoms with van der Waals surface area (Å²) in [6.07, 6.45) is -4.73. The number of thiophene rings is 2. The van der Waals surface area contributed by atoms with Gasteiger partial charge < -0.3 is 97.8 Å². The molecule has 0 radical (unpaired) electrons. The molecule has 3 amide bonds. The Kier molecular flexibility index (Phi) is 24.8. The molecule has 2 aromatic heterocycles. The van der Waals surface area contributed by atoms with E-state index < -0.39 is 100 Å². The van der Waals surface area contributed by atoms with Crippen LogP contribution in [0.15, 0.2) is 83.6 Å². The minimum absolute atomic E-state index is 0.0272. The van der Waals surface area contributed by atoms with Crippen molar-refractivity contribution in [3.8, 4) is 40.2 Å². The largest absolute Gasteiger partial charge is 0.501 e. The van der Waals surface area contributed by atoms with E-state index in [1.165, 1.54) is 67.7 Å². The van der Waals surface area contributed by atoms with Crippen molar-refractivity contribution in [2.45, 2.75) is 131 Å². The normalized spacial score (nSPS) is 18.3. The second-order valence-electron chi connectivity index (χ2n) is 26.3. The number of rotatable bonds is 30. The van der Waals surface area contributed by atoms with Crippen LogP contribution in [0, 0.1) is 10.8 Å². The van der Waals surface area contributed by atoms with Crippen LogP contribution in [0.1, 0.15) is 118 Å². The molecule has 3 aliphatic heterocycles. The first kappa shape index (κ1) is 76.2. The monoisotopic (exact) mass is 1460 g/mol. The number of hydrogen-bond acceptors (Lipinski definition) is 27. The lowest BCUT2D eigenvalue weighted by molar-refractivity contribution is -0.245. The molecule has 4 aromatic carbocycles. The Hall–Kier alpha value is -8.95. The fourth-order valence-electron chi connectivity index (χ4n) is 11.9. The zero-order chi connectivity index (χ0) is 73.3. The standard InChI is InChI=1S/C70H86N6O22S3/c1-39(79)90-34-61-65(94-41(3)81)60(93-40(2)80)27-64(96-61)95-54-12-11-44(66(82)74(8)36-70(6,7)38-89-37-69(4,5)35-71)20-59(54)98-101(85,86)97-49-18-42(32-91-57-25-52(72)50(23-55(57)87-9)67(83)75-28-45-13-15-99-62(45)21-47(75)30-77)17-43(19-49)33-92-58-26-53(73)51(24-56(58)88-10)68(84)76-29-46-14-16-100-63(46)22-48(76)31-78/h11-20,23-26,47-48,60-61,64-65,77-78H,21-22,27-38,71-73H2,1-10H3/t47-,48+,60-,61-,64-,65-/m1/s1. The van der Waals surface area contributed by atoms with E-state index in [0.29, 0.717) is 26.0 Å². The summed E-state index contributed by atoms with van der Waals surface area (Å²) in [5.74, 6) is -4.70. The first-order valence-electron chi connectivity index (χ1n) is 32.3. The number of carbonyl (C=O) groups is 6. The summed E-state index contributed by atoms with van der Waals surface area (Å²) in [4.78, 5) is 86.5. The van der Waals surface area contributed by atoms with Crippen LogP contribution in [-0.4, -0.2) is 173 Å². The second kappa shape index (κ2) is 32.8. The molecular weight excluding hydrogens is 1370 g/mol. The average molecular weight is 1460 g/mol. The van der Waals surface area contributed by atoms with Gasteiger partial charge in [-0.15, -0.1) is 31.1 Å². The molecule has 3 aliphatic rings. The minimum Gasteiger partial charge on any atom is -0.493 e. The van der Waals surface area contributed by atoms with Gasteiger partial charge in [-0.05, 0) is 100 Å². The van der Waals surface area contributed by atoms with E-state index in [-0.39, 0.29) is 138 Å². The Morgan fingerprint density at radius 1 is 0.663 bits per heavy atom. The molecule has 28 nitrogen and oxygen atoms in total. The van der Waals surface area contributed by atoms with Gasteiger partial charge in [-0.25, -0.2) is 0 Å². The van der Waals surface area contributed by atoms with E-state index in [1.807, 2.05) is 50.6 Å². The van der Waals surface area contributed by atoms with E-state index in [2.05, 4.69) is 0 Å². The fourth-order valence-corrected chi connectivity index (χ4v) is 14.5. The van der Waals surface area contributed by atoms with Gasteiger partial charge >= 0.3 is 28.3 Å². The number of methoxy groups -OCH3 is 2. The number of ether oxygens (including phenoxy) is 10. The van der Waals surface area contributed by atoms with Crippen LogP contribution in [0.2, 0.25) is 0 Å². The molecule has 6 aromatic rings. The number of aliphatic hydroxyl groups is 2. The van der Waals surface area contributed by atoms with Gasteiger partial charge in [0.25, 0.3) is 17.7 Å². The average Bonchev–Trinajstić information content (AvgIpc) is 1.73. The zero-order valence-electron chi connectivity index (χ0n) is 57.8. The molecule has 0 aliphatic carbocycles. The maximum Gasteiger partial charge on any atom is 0.501 e. The highest BCUT2D eigenvalue weighted by molar-refractivity contribution is 7.82. The summed E-state index contributed by atoms with van der Waals surface area (Å²) >= 11 is 3.11. The molecule has 546 valence electrons. The third-order valence-corrected chi connectivity index (χ3v) is 19.7. The quantitative estimate of drug-likeness (QED) is 0.0172. The van der Waals surface area contributed by atoms with Crippen molar-refractivity contribution in [2.75, 3.05) is 78.9 Å². The summed E-state index contributed by atoms with van der Waals surface area (Å²) in [5.41, 5.74) is 20.8. The van der Waals surface area contributed by atoms with Crippen molar-refractivity contribution < 1.29 is 103 Å². The summed E-state index contributed by atoms with van der Waals surface area (Å²) in [5, 5.41) is 24.6. The maximum absolute atomic E-state index is 14.7. The molecular formula is C70H86N6O22S3. The molecule has 6 atom stereocenters. The topological polar surface area (TPSA) is 376 Å². The molecule has 1 fully saturated rings. The minimum atomic E-state index is -5.34. The maximum atomic E-state index is 14.7. The molecule has 5 heterocycles. The Bertz CT molecular complexity index is 3970. The van der Waals surface area contributed by atoms with E-state index in [0.717, 1.165) is 47.7 Å². The SMILES string of the molecule is COc1cc(C(=O)N2Cc3ccsc3C[C@H]2CO)c(N)cc1OCc1cc(COc2cc(N)c(C(=O)N3Cc4ccsc4C[C@@H]3CO)cc2OC)cc(OS(=O)(=O)Oc2cc(C(=O)N(C)CC(C)(C)COCC(C)(C)CN)ccc2O[C@H]2C[C@@H](OC(C)=O)[C@@H](OC(C)=O)[C@@H](COC(C)=O)O2)c1. The van der Waals surface area contributed by atoms with Crippen molar-refractivity contribution in [1.82, 2.24) is 14.7 Å². The highest BCUT2D eigenvalue weighted by atomic mass is 32.3. The predicted molar refractivity (Wildman–Crippen MR) is 370 cm³/mol. The van der Waals surface area contributed by atoms with Gasteiger partial charge in [0.05, 0.1) is 70.3 Å². The Morgan fingerprint density at radius 2 is 1.20 bits per heavy atom. The number of nitrogen functional groups attached to an aromatic ring is 2. The van der Waals surface area contributed by atoms with Gasteiger partial charge in [0, 0.05) is 110 Å². The smallest absolute Gasteiger partial charge is 0.493 e. The van der Waals surface area contributed by atoms with Crippen LogP contribution >= 0.6 is 22.7 Å². The van der Waals surface area contributed by atoms with Crippen molar-refractivity contribution in [1.29, 1.82) is 0 Å². The van der Waals surface area contributed by atoms with Crippen LogP contribution in [0.25, 0.3) is 0 Å². The number of amides is 3. The second-order valence-corrected chi connectivity index (χ2v) is 29.5. The van der Waals surface area contributed by atoms with E-state index in [4.69, 9.17) is 72.9 Å². The van der Waals surface area contributed by atoms with Crippen LogP contribution in [0.3, 0.4) is 0 Å². The fraction of sp³-hybridized carbons (Fsp3) is 0.457. The number of benzene rings is 4. The zero-order valence-corrected chi connectivity index (χ0v) is 60.3. The van der Waals surface area contributed by atoms with Crippen molar-refractivity contribution in [2.24, 2.45) is 16.6 Å². The van der Waals surface area contributed by atoms with Gasteiger partial charge in [0.1, 0.15) is 37.8 Å². The molecule has 31 heteroatoms. The lowest BCUT2D eigenvalue weighted by atomic mass is 9.92. The third kappa shape index (κ3) is 19.4. The molecule has 8 N–H and O–H groups in total. The Balaban J connectivity index is 1.04. The summed E-state index contributed by atoms with van der Waals surface area (Å²) in [7, 11) is -1.05. The number of fused-ring (bicyclic) bond motifs is 2. The van der Waals surface area contributed by atoms with Crippen LogP contribution in [-0.2, 0) is 87.6 Å². The molecule has 0 saturated carbocycles. The van der Waals surface area contributed by atoms with Crippen LogP contribution in [0.5, 0.6) is 40.2 Å². The van der Waals surface area contributed by atoms with Crippen LogP contribution < -0.4 is 49.3 Å². The van der Waals surface area contributed by atoms with Gasteiger partial charge in [0.15, 0.2) is 40.6 Å². The number of hydrogen-bond donors (Lipinski definition) is 5. The number of nitrogens with zero attached hydrogens (tertiary/aromatic N) is 3. The van der Waals surface area contributed by atoms with E-state index in [1.54, 1.807) is 45.6 Å². The molecule has 0 spiro atoms. The van der Waals surface area contributed by atoms with Gasteiger partial charge in [-0.2, -0.15) is 0 Å². The molecule has 9 rings (SSSR count). The van der Waals surface area contributed by atoms with E-state index in [9.17, 15) is 47.4 Å². The van der Waals surface area contributed by atoms with Crippen molar-refractivity contribution in [3.05, 3.63) is 132 Å². The van der Waals surface area contributed by atoms with Gasteiger partial charge in [-0.3, -0.25) is 28.8 Å². The summed E-state index contributed by atoms with van der Waals surface area (Å²) < 4.78 is 99.9. The summed E-state index contributed by atoms with van der Waals surface area (Å²) in [6, 6.07) is 16.5. The lowest BCUT2D eigenvalue weighted by Crippen LogP contribution is -2.54. The third-order valence-electron chi connectivity index (χ3n) is 16.9. The van der Waals surface area contributed by atoms with Crippen molar-refractivity contribution >= 4 is 80.1 Å². The van der Waals surface area contributed by atoms with Gasteiger partial charge in [-0.1, -0.05) is 27.7 Å². The van der Waals surface area contributed by atoms with Crippen LogP contribution in [0.4, 0.5) is 11.4 Å². The van der Waals surface area contributed by atoms with E-state index >= 15 is 0 Å². The Labute approximate surface area is 593 Å².